The van der Waals surface area contributed by atoms with Crippen molar-refractivity contribution in [2.24, 2.45) is 5.73 Å². The van der Waals surface area contributed by atoms with Gasteiger partial charge in [-0.2, -0.15) is 0 Å². The predicted molar refractivity (Wildman–Crippen MR) is 89.2 cm³/mol. The van der Waals surface area contributed by atoms with Gasteiger partial charge in [-0.15, -0.1) is 0 Å². The monoisotopic (exact) mass is 316 g/mol. The SMILES string of the molecule is CCNc1ccc(NC(=O)c2cc(C)n(NC(N)=O)c2C)cn1. The Bertz CT molecular complexity index is 720. The zero-order valence-corrected chi connectivity index (χ0v) is 13.3. The Morgan fingerprint density at radius 2 is 2.04 bits per heavy atom. The average molecular weight is 316 g/mol. The van der Waals surface area contributed by atoms with Crippen molar-refractivity contribution in [1.82, 2.24) is 9.66 Å². The topological polar surface area (TPSA) is 114 Å². The molecule has 0 bridgehead atoms. The molecule has 2 aromatic rings. The molecular weight excluding hydrogens is 296 g/mol. The van der Waals surface area contributed by atoms with E-state index in [1.54, 1.807) is 38.2 Å². The van der Waals surface area contributed by atoms with E-state index in [0.29, 0.717) is 22.6 Å². The fourth-order valence-corrected chi connectivity index (χ4v) is 2.23. The summed E-state index contributed by atoms with van der Waals surface area (Å²) in [6.07, 6.45) is 1.58. The van der Waals surface area contributed by atoms with E-state index >= 15 is 0 Å². The number of nitrogens with zero attached hydrogens (tertiary/aromatic N) is 2. The van der Waals surface area contributed by atoms with Crippen LogP contribution < -0.4 is 21.8 Å². The summed E-state index contributed by atoms with van der Waals surface area (Å²) in [5, 5.41) is 5.85. The first-order valence-electron chi connectivity index (χ1n) is 7.19. The normalized spacial score (nSPS) is 10.2. The fourth-order valence-electron chi connectivity index (χ4n) is 2.23. The first-order chi connectivity index (χ1) is 10.9. The molecule has 5 N–H and O–H groups in total. The summed E-state index contributed by atoms with van der Waals surface area (Å²) < 4.78 is 1.48. The van der Waals surface area contributed by atoms with E-state index in [0.717, 1.165) is 12.4 Å². The van der Waals surface area contributed by atoms with Crippen LogP contribution in [0.25, 0.3) is 0 Å². The molecule has 2 rings (SSSR count). The average Bonchev–Trinajstić information content (AvgIpc) is 2.77. The second-order valence-electron chi connectivity index (χ2n) is 5.01. The summed E-state index contributed by atoms with van der Waals surface area (Å²) in [6, 6.07) is 4.55. The van der Waals surface area contributed by atoms with Gasteiger partial charge in [0.15, 0.2) is 0 Å². The number of aromatic nitrogens is 2. The molecule has 0 atom stereocenters. The van der Waals surface area contributed by atoms with Gasteiger partial charge in [-0.3, -0.25) is 9.47 Å². The van der Waals surface area contributed by atoms with Gasteiger partial charge in [0.25, 0.3) is 5.91 Å². The zero-order valence-electron chi connectivity index (χ0n) is 13.3. The van der Waals surface area contributed by atoms with Gasteiger partial charge in [0, 0.05) is 17.9 Å². The van der Waals surface area contributed by atoms with E-state index < -0.39 is 6.03 Å². The highest BCUT2D eigenvalue weighted by Gasteiger charge is 2.16. The van der Waals surface area contributed by atoms with Crippen molar-refractivity contribution >= 4 is 23.4 Å². The van der Waals surface area contributed by atoms with Gasteiger partial charge in [-0.25, -0.2) is 15.2 Å². The molecule has 0 unspecified atom stereocenters. The molecule has 2 aromatic heterocycles. The molecular formula is C15H20N6O2. The first kappa shape index (κ1) is 16.3. The van der Waals surface area contributed by atoms with Crippen molar-refractivity contribution in [1.29, 1.82) is 0 Å². The molecule has 8 heteroatoms. The molecule has 2 heterocycles. The highest BCUT2D eigenvalue weighted by molar-refractivity contribution is 6.05. The molecule has 0 saturated carbocycles. The number of primary amides is 1. The van der Waals surface area contributed by atoms with Crippen molar-refractivity contribution in [2.45, 2.75) is 20.8 Å². The lowest BCUT2D eigenvalue weighted by molar-refractivity contribution is 0.102. The number of carbonyl (C=O) groups is 2. The van der Waals surface area contributed by atoms with Crippen LogP contribution in [0.5, 0.6) is 0 Å². The van der Waals surface area contributed by atoms with Gasteiger partial charge in [0.1, 0.15) is 5.82 Å². The van der Waals surface area contributed by atoms with E-state index in [1.165, 1.54) is 4.68 Å². The van der Waals surface area contributed by atoms with Crippen LogP contribution in [0, 0.1) is 13.8 Å². The van der Waals surface area contributed by atoms with Crippen LogP contribution in [0.1, 0.15) is 28.7 Å². The van der Waals surface area contributed by atoms with Gasteiger partial charge >= 0.3 is 6.03 Å². The third-order valence-corrected chi connectivity index (χ3v) is 3.28. The summed E-state index contributed by atoms with van der Waals surface area (Å²) in [7, 11) is 0. The molecule has 0 fully saturated rings. The summed E-state index contributed by atoms with van der Waals surface area (Å²) in [5.41, 5.74) is 9.91. The van der Waals surface area contributed by atoms with Gasteiger partial charge in [0.2, 0.25) is 0 Å². The summed E-state index contributed by atoms with van der Waals surface area (Å²) in [6.45, 7) is 6.25. The number of carbonyl (C=O) groups excluding carboxylic acids is 2. The maximum Gasteiger partial charge on any atom is 0.331 e. The quantitative estimate of drug-likeness (QED) is 0.673. The smallest absolute Gasteiger partial charge is 0.331 e. The highest BCUT2D eigenvalue weighted by atomic mass is 16.2. The fraction of sp³-hybridized carbons (Fsp3) is 0.267. The van der Waals surface area contributed by atoms with Crippen molar-refractivity contribution < 1.29 is 9.59 Å². The lowest BCUT2D eigenvalue weighted by atomic mass is 10.2. The third-order valence-electron chi connectivity index (χ3n) is 3.28. The number of hydrogen-bond acceptors (Lipinski definition) is 4. The second-order valence-corrected chi connectivity index (χ2v) is 5.01. The minimum atomic E-state index is -0.693. The molecule has 8 nitrogen and oxygen atoms in total. The second kappa shape index (κ2) is 6.82. The molecule has 0 aliphatic rings. The van der Waals surface area contributed by atoms with E-state index in [2.05, 4.69) is 21.0 Å². The Labute approximate surface area is 134 Å². The van der Waals surface area contributed by atoms with Crippen molar-refractivity contribution in [3.8, 4) is 0 Å². The van der Waals surface area contributed by atoms with Gasteiger partial charge < -0.3 is 16.4 Å². The Hall–Kier alpha value is -3.03. The minimum absolute atomic E-state index is 0.284. The number of aryl methyl sites for hydroxylation is 1. The number of anilines is 2. The van der Waals surface area contributed by atoms with Crippen LogP contribution >= 0.6 is 0 Å². The number of hydrogen-bond donors (Lipinski definition) is 4. The van der Waals surface area contributed by atoms with Crippen molar-refractivity contribution in [3.63, 3.8) is 0 Å². The highest BCUT2D eigenvalue weighted by Crippen LogP contribution is 2.16. The number of amides is 3. The Kier molecular flexibility index (Phi) is 4.85. The first-order valence-corrected chi connectivity index (χ1v) is 7.19. The lowest BCUT2D eigenvalue weighted by Crippen LogP contribution is -2.29. The lowest BCUT2D eigenvalue weighted by Gasteiger charge is -2.09. The maximum atomic E-state index is 12.4. The van der Waals surface area contributed by atoms with E-state index in [4.69, 9.17) is 5.73 Å². The molecule has 23 heavy (non-hydrogen) atoms. The van der Waals surface area contributed by atoms with Gasteiger partial charge in [0.05, 0.1) is 17.4 Å². The summed E-state index contributed by atoms with van der Waals surface area (Å²) in [5.74, 6) is 0.461. The van der Waals surface area contributed by atoms with Crippen LogP contribution in [0.3, 0.4) is 0 Å². The van der Waals surface area contributed by atoms with Gasteiger partial charge in [-0.1, -0.05) is 0 Å². The Balaban J connectivity index is 2.16. The molecule has 0 radical (unpaired) electrons. The van der Waals surface area contributed by atoms with Crippen LogP contribution in [0.15, 0.2) is 24.4 Å². The minimum Gasteiger partial charge on any atom is -0.370 e. The number of nitrogens with one attached hydrogen (secondary N) is 3. The molecule has 0 saturated heterocycles. The van der Waals surface area contributed by atoms with Crippen LogP contribution in [-0.4, -0.2) is 28.1 Å². The molecule has 3 amide bonds. The largest absolute Gasteiger partial charge is 0.370 e. The summed E-state index contributed by atoms with van der Waals surface area (Å²) >= 11 is 0. The van der Waals surface area contributed by atoms with Crippen molar-refractivity contribution in [3.05, 3.63) is 41.3 Å². The van der Waals surface area contributed by atoms with Crippen LogP contribution in [-0.2, 0) is 0 Å². The maximum absolute atomic E-state index is 12.4. The van der Waals surface area contributed by atoms with E-state index in [-0.39, 0.29) is 5.91 Å². The number of nitrogens with two attached hydrogens (primary N) is 1. The van der Waals surface area contributed by atoms with E-state index in [1.807, 2.05) is 6.92 Å². The molecule has 0 spiro atoms. The Morgan fingerprint density at radius 1 is 1.30 bits per heavy atom. The number of urea groups is 1. The van der Waals surface area contributed by atoms with Crippen LogP contribution in [0.2, 0.25) is 0 Å². The molecule has 0 aliphatic carbocycles. The molecule has 0 aliphatic heterocycles. The van der Waals surface area contributed by atoms with Crippen LogP contribution in [0.4, 0.5) is 16.3 Å². The summed E-state index contributed by atoms with van der Waals surface area (Å²) in [4.78, 5) is 27.6. The predicted octanol–water partition coefficient (Wildman–Crippen LogP) is 1.81. The standard InChI is InChI=1S/C15H20N6O2/c1-4-17-13-6-5-11(8-18-13)19-14(22)12-7-9(2)21(10(12)3)20-15(16)23/h5-8H,4H2,1-3H3,(H,17,18)(H,19,22)(H3,16,20,23). The van der Waals surface area contributed by atoms with Gasteiger partial charge in [-0.05, 0) is 39.0 Å². The molecule has 0 aromatic carbocycles. The molecule has 122 valence electrons. The Morgan fingerprint density at radius 3 is 2.61 bits per heavy atom. The van der Waals surface area contributed by atoms with E-state index in [9.17, 15) is 9.59 Å². The zero-order chi connectivity index (χ0) is 17.0. The third kappa shape index (κ3) is 3.79. The number of pyridine rings is 1. The number of rotatable bonds is 5. The van der Waals surface area contributed by atoms with Crippen molar-refractivity contribution in [2.75, 3.05) is 22.6 Å².